The lowest BCUT2D eigenvalue weighted by atomic mass is 10.1. The summed E-state index contributed by atoms with van der Waals surface area (Å²) in [6.07, 6.45) is -4.59. The average Bonchev–Trinajstić information content (AvgIpc) is 2.76. The van der Waals surface area contributed by atoms with Crippen molar-refractivity contribution < 1.29 is 27.6 Å². The minimum Gasteiger partial charge on any atom is -0.350 e. The molecule has 10 heteroatoms. The predicted octanol–water partition coefficient (Wildman–Crippen LogP) is 2.93. The zero-order chi connectivity index (χ0) is 26.2. The van der Waals surface area contributed by atoms with Crippen LogP contribution in [0, 0.1) is 6.92 Å². The molecule has 7 nitrogen and oxygen atoms in total. The van der Waals surface area contributed by atoms with Crippen LogP contribution >= 0.6 is 0 Å². The summed E-state index contributed by atoms with van der Waals surface area (Å²) in [5.74, 6) is -1.90. The molecule has 2 rings (SSSR count). The number of carbonyl (C=O) groups is 3. The SMILES string of the molecule is Cc1ccc(CNC[C@H](NC(=O)CNC(=O)c2cccc(C(F)(F)F)c2)C(=O)NC(C)(C)C)cc1. The molecule has 2 aromatic carbocycles. The van der Waals surface area contributed by atoms with Crippen molar-refractivity contribution in [2.75, 3.05) is 13.1 Å². The molecular weight excluding hydrogens is 461 g/mol. The Kier molecular flexibility index (Phi) is 9.41. The molecule has 35 heavy (non-hydrogen) atoms. The highest BCUT2D eigenvalue weighted by molar-refractivity contribution is 5.97. The van der Waals surface area contributed by atoms with Gasteiger partial charge in [-0.15, -0.1) is 0 Å². The van der Waals surface area contributed by atoms with Gasteiger partial charge >= 0.3 is 6.18 Å². The molecule has 0 unspecified atom stereocenters. The molecule has 0 spiro atoms. The summed E-state index contributed by atoms with van der Waals surface area (Å²) < 4.78 is 38.6. The Morgan fingerprint density at radius 2 is 1.63 bits per heavy atom. The summed E-state index contributed by atoms with van der Waals surface area (Å²) in [7, 11) is 0. The van der Waals surface area contributed by atoms with E-state index in [0.717, 1.165) is 23.3 Å². The lowest BCUT2D eigenvalue weighted by Crippen LogP contribution is -2.56. The van der Waals surface area contributed by atoms with Crippen LogP contribution in [0.25, 0.3) is 0 Å². The standard InChI is InChI=1S/C25H31F3N4O3/c1-16-8-10-17(11-9-16)13-29-14-20(23(35)32-24(2,3)4)31-21(33)15-30-22(34)18-6-5-7-19(12-18)25(26,27)28/h5-12,20,29H,13-15H2,1-4H3,(H,30,34)(H,31,33)(H,32,35)/t20-/m0/s1. The van der Waals surface area contributed by atoms with E-state index in [4.69, 9.17) is 0 Å². The average molecular weight is 493 g/mol. The summed E-state index contributed by atoms with van der Waals surface area (Å²) >= 11 is 0. The van der Waals surface area contributed by atoms with Crippen molar-refractivity contribution in [3.05, 3.63) is 70.8 Å². The number of nitrogens with one attached hydrogen (secondary N) is 4. The maximum absolute atomic E-state index is 12.9. The number of benzene rings is 2. The summed E-state index contributed by atoms with van der Waals surface area (Å²) in [5, 5.41) is 10.8. The van der Waals surface area contributed by atoms with Crippen LogP contribution < -0.4 is 21.3 Å². The molecule has 0 aliphatic rings. The van der Waals surface area contributed by atoms with E-state index in [2.05, 4.69) is 21.3 Å². The van der Waals surface area contributed by atoms with E-state index < -0.39 is 47.6 Å². The molecule has 0 aliphatic carbocycles. The van der Waals surface area contributed by atoms with Crippen LogP contribution in [0.4, 0.5) is 13.2 Å². The Morgan fingerprint density at radius 3 is 2.23 bits per heavy atom. The monoisotopic (exact) mass is 492 g/mol. The maximum atomic E-state index is 12.9. The van der Waals surface area contributed by atoms with Gasteiger partial charge in [0.25, 0.3) is 5.91 Å². The Morgan fingerprint density at radius 1 is 0.971 bits per heavy atom. The van der Waals surface area contributed by atoms with Crippen LogP contribution in [0.2, 0.25) is 0 Å². The second-order valence-corrected chi connectivity index (χ2v) is 9.24. The Labute approximate surface area is 202 Å². The van der Waals surface area contributed by atoms with Crippen LogP contribution in [-0.2, 0) is 22.3 Å². The number of amides is 3. The molecule has 0 heterocycles. The predicted molar refractivity (Wildman–Crippen MR) is 126 cm³/mol. The van der Waals surface area contributed by atoms with Gasteiger partial charge in [0.1, 0.15) is 6.04 Å². The van der Waals surface area contributed by atoms with Crippen LogP contribution in [0.3, 0.4) is 0 Å². The Hall–Kier alpha value is -3.40. The molecule has 0 aliphatic heterocycles. The highest BCUT2D eigenvalue weighted by Crippen LogP contribution is 2.29. The first-order valence-corrected chi connectivity index (χ1v) is 11.1. The van der Waals surface area contributed by atoms with E-state index in [1.807, 2.05) is 31.2 Å². The zero-order valence-corrected chi connectivity index (χ0v) is 20.2. The van der Waals surface area contributed by atoms with Crippen LogP contribution in [0.15, 0.2) is 48.5 Å². The number of halogens is 3. The maximum Gasteiger partial charge on any atom is 0.416 e. The number of alkyl halides is 3. The normalized spacial score (nSPS) is 12.5. The van der Waals surface area contributed by atoms with Crippen molar-refractivity contribution in [3.8, 4) is 0 Å². The molecule has 0 saturated heterocycles. The van der Waals surface area contributed by atoms with E-state index in [9.17, 15) is 27.6 Å². The molecular formula is C25H31F3N4O3. The smallest absolute Gasteiger partial charge is 0.350 e. The highest BCUT2D eigenvalue weighted by atomic mass is 19.4. The van der Waals surface area contributed by atoms with Gasteiger partial charge in [-0.3, -0.25) is 14.4 Å². The fourth-order valence-electron chi connectivity index (χ4n) is 3.08. The van der Waals surface area contributed by atoms with Crippen molar-refractivity contribution in [1.82, 2.24) is 21.3 Å². The van der Waals surface area contributed by atoms with Gasteiger partial charge in [0.05, 0.1) is 12.1 Å². The molecule has 4 N–H and O–H groups in total. The first kappa shape index (κ1) is 27.8. The van der Waals surface area contributed by atoms with Gasteiger partial charge in [-0.2, -0.15) is 13.2 Å². The molecule has 0 radical (unpaired) electrons. The van der Waals surface area contributed by atoms with Crippen molar-refractivity contribution in [2.45, 2.75) is 52.0 Å². The van der Waals surface area contributed by atoms with Crippen LogP contribution in [0.1, 0.15) is 47.8 Å². The van der Waals surface area contributed by atoms with Gasteiger partial charge in [0, 0.05) is 24.2 Å². The van der Waals surface area contributed by atoms with Crippen LogP contribution in [-0.4, -0.2) is 42.4 Å². The number of carbonyl (C=O) groups excluding carboxylic acids is 3. The lowest BCUT2D eigenvalue weighted by molar-refractivity contribution is -0.137. The van der Waals surface area contributed by atoms with E-state index >= 15 is 0 Å². The summed E-state index contributed by atoms with van der Waals surface area (Å²) in [6.45, 7) is 7.49. The molecule has 0 aromatic heterocycles. The zero-order valence-electron chi connectivity index (χ0n) is 20.2. The fourth-order valence-corrected chi connectivity index (χ4v) is 3.08. The third-order valence-corrected chi connectivity index (χ3v) is 4.81. The second-order valence-electron chi connectivity index (χ2n) is 9.24. The quantitative estimate of drug-likeness (QED) is 0.433. The molecule has 3 amide bonds. The van der Waals surface area contributed by atoms with Gasteiger partial charge in [0.2, 0.25) is 11.8 Å². The molecule has 2 aromatic rings. The fraction of sp³-hybridized carbons (Fsp3) is 0.400. The van der Waals surface area contributed by atoms with Crippen molar-refractivity contribution in [3.63, 3.8) is 0 Å². The van der Waals surface area contributed by atoms with Crippen molar-refractivity contribution in [1.29, 1.82) is 0 Å². The summed E-state index contributed by atoms with van der Waals surface area (Å²) in [5.41, 5.74) is 0.401. The molecule has 1 atom stereocenters. The van der Waals surface area contributed by atoms with E-state index in [-0.39, 0.29) is 12.1 Å². The van der Waals surface area contributed by atoms with E-state index in [0.29, 0.717) is 12.6 Å². The Balaban J connectivity index is 1.97. The first-order chi connectivity index (χ1) is 16.2. The third-order valence-electron chi connectivity index (χ3n) is 4.81. The van der Waals surface area contributed by atoms with Gasteiger partial charge in [-0.1, -0.05) is 35.9 Å². The van der Waals surface area contributed by atoms with Gasteiger partial charge < -0.3 is 21.3 Å². The van der Waals surface area contributed by atoms with E-state index in [1.165, 1.54) is 6.07 Å². The van der Waals surface area contributed by atoms with Gasteiger partial charge in [-0.05, 0) is 51.5 Å². The topological polar surface area (TPSA) is 99.3 Å². The number of rotatable bonds is 9. The lowest BCUT2D eigenvalue weighted by Gasteiger charge is -2.26. The number of hydrogen-bond donors (Lipinski definition) is 4. The molecule has 0 saturated carbocycles. The van der Waals surface area contributed by atoms with Crippen molar-refractivity contribution in [2.24, 2.45) is 0 Å². The Bertz CT molecular complexity index is 1030. The molecule has 190 valence electrons. The highest BCUT2D eigenvalue weighted by Gasteiger charge is 2.31. The second kappa shape index (κ2) is 11.8. The van der Waals surface area contributed by atoms with Crippen molar-refractivity contribution >= 4 is 17.7 Å². The summed E-state index contributed by atoms with van der Waals surface area (Å²) in [4.78, 5) is 37.4. The third kappa shape index (κ3) is 9.78. The molecule has 0 bridgehead atoms. The summed E-state index contributed by atoms with van der Waals surface area (Å²) in [6, 6.07) is 10.8. The van der Waals surface area contributed by atoms with Gasteiger partial charge in [-0.25, -0.2) is 0 Å². The van der Waals surface area contributed by atoms with E-state index in [1.54, 1.807) is 20.8 Å². The number of hydrogen-bond acceptors (Lipinski definition) is 4. The largest absolute Gasteiger partial charge is 0.416 e. The van der Waals surface area contributed by atoms with Gasteiger partial charge in [0.15, 0.2) is 0 Å². The minimum atomic E-state index is -4.59. The first-order valence-electron chi connectivity index (χ1n) is 11.1. The molecule has 0 fully saturated rings. The van der Waals surface area contributed by atoms with Crippen LogP contribution in [0.5, 0.6) is 0 Å². The number of aryl methyl sites for hydroxylation is 1. The minimum absolute atomic E-state index is 0.128.